The Bertz CT molecular complexity index is 334. The molecule has 0 aliphatic carbocycles. The van der Waals surface area contributed by atoms with Crippen LogP contribution in [0.2, 0.25) is 0 Å². The van der Waals surface area contributed by atoms with E-state index in [1.807, 2.05) is 6.07 Å². The third-order valence-corrected chi connectivity index (χ3v) is 4.48. The van der Waals surface area contributed by atoms with Crippen LogP contribution in [0.25, 0.3) is 0 Å². The van der Waals surface area contributed by atoms with Crippen molar-refractivity contribution in [1.82, 2.24) is 0 Å². The van der Waals surface area contributed by atoms with Gasteiger partial charge < -0.3 is 4.74 Å². The minimum absolute atomic E-state index is 0.606. The van der Waals surface area contributed by atoms with Gasteiger partial charge in [0, 0.05) is 4.83 Å². The molecule has 1 nitrogen and oxygen atoms in total. The van der Waals surface area contributed by atoms with Crippen LogP contribution in [-0.2, 0) is 6.42 Å². The maximum atomic E-state index is 5.20. The highest BCUT2D eigenvalue weighted by Gasteiger charge is 2.10. The summed E-state index contributed by atoms with van der Waals surface area (Å²) >= 11 is 3.73. The van der Waals surface area contributed by atoms with Crippen molar-refractivity contribution in [1.29, 1.82) is 0 Å². The van der Waals surface area contributed by atoms with Gasteiger partial charge in [-0.15, -0.1) is 0 Å². The van der Waals surface area contributed by atoms with Crippen LogP contribution in [0, 0.1) is 12.8 Å². The number of halogens is 1. The zero-order valence-electron chi connectivity index (χ0n) is 10.6. The van der Waals surface area contributed by atoms with Crippen molar-refractivity contribution in [3.63, 3.8) is 0 Å². The molecule has 90 valence electrons. The van der Waals surface area contributed by atoms with Gasteiger partial charge in [-0.05, 0) is 48.9 Å². The number of methoxy groups -OCH3 is 1. The van der Waals surface area contributed by atoms with E-state index in [0.29, 0.717) is 10.7 Å². The molecule has 0 fully saturated rings. The second-order valence-corrected chi connectivity index (χ2v) is 5.77. The van der Waals surface area contributed by atoms with Crippen LogP contribution >= 0.6 is 15.9 Å². The summed E-state index contributed by atoms with van der Waals surface area (Å²) in [6.45, 7) is 6.65. The largest absolute Gasteiger partial charge is 0.497 e. The zero-order chi connectivity index (χ0) is 12.1. The molecular formula is C14H21BrO. The lowest BCUT2D eigenvalue weighted by Gasteiger charge is -2.14. The Morgan fingerprint density at radius 1 is 1.31 bits per heavy atom. The van der Waals surface area contributed by atoms with E-state index in [9.17, 15) is 0 Å². The first-order valence-corrected chi connectivity index (χ1v) is 6.73. The summed E-state index contributed by atoms with van der Waals surface area (Å²) in [4.78, 5) is 0.606. The third-order valence-electron chi connectivity index (χ3n) is 2.96. The molecule has 0 heterocycles. The van der Waals surface area contributed by atoms with Gasteiger partial charge in [-0.3, -0.25) is 0 Å². The summed E-state index contributed by atoms with van der Waals surface area (Å²) in [5, 5.41) is 0. The van der Waals surface area contributed by atoms with E-state index in [0.717, 1.165) is 12.2 Å². The fourth-order valence-electron chi connectivity index (χ4n) is 1.70. The molecule has 1 unspecified atom stereocenters. The molecule has 1 rings (SSSR count). The van der Waals surface area contributed by atoms with Crippen LogP contribution in [0.4, 0.5) is 0 Å². The van der Waals surface area contributed by atoms with Gasteiger partial charge in [0.1, 0.15) is 5.75 Å². The minimum Gasteiger partial charge on any atom is -0.497 e. The highest BCUT2D eigenvalue weighted by atomic mass is 79.9. The Labute approximate surface area is 107 Å². The monoisotopic (exact) mass is 284 g/mol. The lowest BCUT2D eigenvalue weighted by Crippen LogP contribution is -2.08. The van der Waals surface area contributed by atoms with Crippen molar-refractivity contribution >= 4 is 15.9 Å². The van der Waals surface area contributed by atoms with Crippen LogP contribution < -0.4 is 4.74 Å². The number of ether oxygens (including phenoxy) is 1. The van der Waals surface area contributed by atoms with Crippen LogP contribution in [0.1, 0.15) is 31.4 Å². The molecule has 0 bridgehead atoms. The van der Waals surface area contributed by atoms with Gasteiger partial charge in [-0.2, -0.15) is 0 Å². The standard InChI is InChI=1S/C14H21BrO/c1-10(2)14(15)8-6-12-5-7-13(16-4)9-11(12)3/h5,7,9-10,14H,6,8H2,1-4H3. The zero-order valence-corrected chi connectivity index (χ0v) is 12.2. The Balaban J connectivity index is 2.61. The Morgan fingerprint density at radius 2 is 2.00 bits per heavy atom. The maximum Gasteiger partial charge on any atom is 0.119 e. The smallest absolute Gasteiger partial charge is 0.119 e. The van der Waals surface area contributed by atoms with Crippen molar-refractivity contribution < 1.29 is 4.74 Å². The van der Waals surface area contributed by atoms with Crippen LogP contribution in [0.5, 0.6) is 5.75 Å². The Hall–Kier alpha value is -0.500. The van der Waals surface area contributed by atoms with Gasteiger partial charge in [-0.25, -0.2) is 0 Å². The molecule has 2 heteroatoms. The number of rotatable bonds is 5. The van der Waals surface area contributed by atoms with Crippen molar-refractivity contribution in [2.75, 3.05) is 7.11 Å². The molecule has 1 aromatic rings. The molecule has 0 spiro atoms. The highest BCUT2D eigenvalue weighted by molar-refractivity contribution is 9.09. The molecule has 0 saturated carbocycles. The summed E-state index contributed by atoms with van der Waals surface area (Å²) in [6.07, 6.45) is 2.31. The number of alkyl halides is 1. The molecule has 0 saturated heterocycles. The summed E-state index contributed by atoms with van der Waals surface area (Å²) in [5.41, 5.74) is 2.74. The number of hydrogen-bond acceptors (Lipinski definition) is 1. The second kappa shape index (κ2) is 6.29. The van der Waals surface area contributed by atoms with Crippen molar-refractivity contribution in [2.45, 2.75) is 38.4 Å². The lowest BCUT2D eigenvalue weighted by molar-refractivity contribution is 0.414. The fraction of sp³-hybridized carbons (Fsp3) is 0.571. The maximum absolute atomic E-state index is 5.20. The van der Waals surface area contributed by atoms with Gasteiger partial charge in [-0.1, -0.05) is 35.8 Å². The fourth-order valence-corrected chi connectivity index (χ4v) is 1.93. The van der Waals surface area contributed by atoms with Gasteiger partial charge in [0.25, 0.3) is 0 Å². The highest BCUT2D eigenvalue weighted by Crippen LogP contribution is 2.22. The molecule has 0 amide bonds. The number of benzene rings is 1. The quantitative estimate of drug-likeness (QED) is 0.730. The molecular weight excluding hydrogens is 264 g/mol. The van der Waals surface area contributed by atoms with Crippen LogP contribution in [0.15, 0.2) is 18.2 Å². The average Bonchev–Trinajstić information content (AvgIpc) is 2.26. The summed E-state index contributed by atoms with van der Waals surface area (Å²) in [6, 6.07) is 6.32. The van der Waals surface area contributed by atoms with Crippen molar-refractivity contribution in [2.24, 2.45) is 5.92 Å². The molecule has 0 radical (unpaired) electrons. The van der Waals surface area contributed by atoms with E-state index in [1.165, 1.54) is 17.5 Å². The van der Waals surface area contributed by atoms with Crippen molar-refractivity contribution in [3.8, 4) is 5.75 Å². The van der Waals surface area contributed by atoms with Crippen molar-refractivity contribution in [3.05, 3.63) is 29.3 Å². The van der Waals surface area contributed by atoms with E-state index in [2.05, 4.69) is 48.8 Å². The third kappa shape index (κ3) is 3.82. The predicted octanol–water partition coefficient (Wildman–Crippen LogP) is 4.36. The first kappa shape index (κ1) is 13.6. The van der Waals surface area contributed by atoms with Gasteiger partial charge in [0.15, 0.2) is 0 Å². The van der Waals surface area contributed by atoms with E-state index in [4.69, 9.17) is 4.74 Å². The first-order valence-electron chi connectivity index (χ1n) is 5.82. The molecule has 0 aliphatic rings. The summed E-state index contributed by atoms with van der Waals surface area (Å²) in [5.74, 6) is 1.64. The van der Waals surface area contributed by atoms with Crippen LogP contribution in [-0.4, -0.2) is 11.9 Å². The normalized spacial score (nSPS) is 12.9. The van der Waals surface area contributed by atoms with E-state index in [1.54, 1.807) is 7.11 Å². The molecule has 0 N–H and O–H groups in total. The average molecular weight is 285 g/mol. The predicted molar refractivity (Wildman–Crippen MR) is 73.6 cm³/mol. The molecule has 1 atom stereocenters. The topological polar surface area (TPSA) is 9.23 Å². The first-order chi connectivity index (χ1) is 7.54. The Kier molecular flexibility index (Phi) is 5.33. The molecule has 0 aliphatic heterocycles. The summed E-state index contributed by atoms with van der Waals surface area (Å²) < 4.78 is 5.20. The number of hydrogen-bond donors (Lipinski definition) is 0. The SMILES string of the molecule is COc1ccc(CCC(Br)C(C)C)c(C)c1. The number of aryl methyl sites for hydroxylation is 2. The van der Waals surface area contributed by atoms with Gasteiger partial charge in [0.2, 0.25) is 0 Å². The minimum atomic E-state index is 0.606. The van der Waals surface area contributed by atoms with Gasteiger partial charge in [0.05, 0.1) is 7.11 Å². The second-order valence-electron chi connectivity index (χ2n) is 4.59. The van der Waals surface area contributed by atoms with Gasteiger partial charge >= 0.3 is 0 Å². The van der Waals surface area contributed by atoms with E-state index >= 15 is 0 Å². The lowest BCUT2D eigenvalue weighted by atomic mass is 9.99. The molecule has 16 heavy (non-hydrogen) atoms. The summed E-state index contributed by atoms with van der Waals surface area (Å²) in [7, 11) is 1.71. The van der Waals surface area contributed by atoms with E-state index in [-0.39, 0.29) is 0 Å². The Morgan fingerprint density at radius 3 is 2.50 bits per heavy atom. The van der Waals surface area contributed by atoms with Crippen LogP contribution in [0.3, 0.4) is 0 Å². The molecule has 0 aromatic heterocycles. The molecule has 1 aromatic carbocycles. The van der Waals surface area contributed by atoms with E-state index < -0.39 is 0 Å².